The number of fused-ring (bicyclic) bond motifs is 5. The van der Waals surface area contributed by atoms with Crippen LogP contribution in [0.3, 0.4) is 0 Å². The predicted octanol–water partition coefficient (Wildman–Crippen LogP) is 4.51. The van der Waals surface area contributed by atoms with Crippen LogP contribution in [-0.2, 0) is 5.54 Å². The maximum atomic E-state index is 2.63. The van der Waals surface area contributed by atoms with Crippen molar-refractivity contribution >= 4 is 11.4 Å². The van der Waals surface area contributed by atoms with Crippen molar-refractivity contribution in [3.05, 3.63) is 58.7 Å². The van der Waals surface area contributed by atoms with Gasteiger partial charge < -0.3 is 9.80 Å². The lowest BCUT2D eigenvalue weighted by Crippen LogP contribution is -2.47. The van der Waals surface area contributed by atoms with Crippen LogP contribution in [0.2, 0.25) is 0 Å². The predicted molar refractivity (Wildman–Crippen MR) is 93.7 cm³/mol. The van der Waals surface area contributed by atoms with Crippen LogP contribution in [0.5, 0.6) is 0 Å². The largest absolute Gasteiger partial charge is 0.348 e. The van der Waals surface area contributed by atoms with Gasteiger partial charge in [0, 0.05) is 23.5 Å². The van der Waals surface area contributed by atoms with E-state index in [1.807, 2.05) is 0 Å². The topological polar surface area (TPSA) is 6.48 Å². The standard InChI is InChI=1S/C20H24N2/c1-13-10-14(2)15(3)19(11-13)22-16(4)21-12-20(22,5)17-8-6-7-9-18(17)21/h6-11,16H,12H2,1-5H3/t16-,20?/m0/s1. The minimum Gasteiger partial charge on any atom is -0.348 e. The Morgan fingerprint density at radius 3 is 2.55 bits per heavy atom. The molecule has 1 saturated heterocycles. The molecule has 1 unspecified atom stereocenters. The summed E-state index contributed by atoms with van der Waals surface area (Å²) in [4.78, 5) is 5.18. The summed E-state index contributed by atoms with van der Waals surface area (Å²) in [7, 11) is 0. The first kappa shape index (κ1) is 13.7. The number of para-hydroxylation sites is 1. The van der Waals surface area contributed by atoms with Crippen LogP contribution < -0.4 is 9.80 Å². The second-order valence-corrected chi connectivity index (χ2v) is 7.15. The summed E-state index contributed by atoms with van der Waals surface area (Å²) >= 11 is 0. The Labute approximate surface area is 133 Å². The summed E-state index contributed by atoms with van der Waals surface area (Å²) in [6, 6.07) is 13.5. The Kier molecular flexibility index (Phi) is 2.66. The molecule has 2 nitrogen and oxygen atoms in total. The summed E-state index contributed by atoms with van der Waals surface area (Å²) in [5.74, 6) is 0. The molecule has 0 aliphatic carbocycles. The minimum absolute atomic E-state index is 0.0704. The molecule has 2 aliphatic heterocycles. The second-order valence-electron chi connectivity index (χ2n) is 7.15. The molecule has 114 valence electrons. The first-order chi connectivity index (χ1) is 10.4. The van der Waals surface area contributed by atoms with E-state index in [0.717, 1.165) is 6.54 Å². The van der Waals surface area contributed by atoms with Crippen LogP contribution in [0.15, 0.2) is 36.4 Å². The van der Waals surface area contributed by atoms with Gasteiger partial charge in [-0.3, -0.25) is 0 Å². The third kappa shape index (κ3) is 1.55. The molecule has 0 aromatic heterocycles. The highest BCUT2D eigenvalue weighted by Gasteiger charge is 2.54. The SMILES string of the molecule is Cc1cc(C)c(C)c(N2[C@@H](C)N3CC2(C)c2ccccc23)c1. The average Bonchev–Trinajstić information content (AvgIpc) is 2.92. The number of rotatable bonds is 1. The molecule has 2 heterocycles. The van der Waals surface area contributed by atoms with E-state index in [0.29, 0.717) is 6.17 Å². The zero-order chi connectivity index (χ0) is 15.6. The summed E-state index contributed by atoms with van der Waals surface area (Å²) in [5, 5.41) is 0. The quantitative estimate of drug-likeness (QED) is 0.763. The lowest BCUT2D eigenvalue weighted by molar-refractivity contribution is 0.511. The van der Waals surface area contributed by atoms with Crippen molar-refractivity contribution in [3.63, 3.8) is 0 Å². The Bertz CT molecular complexity index is 764. The fourth-order valence-corrected chi connectivity index (χ4v) is 4.51. The van der Waals surface area contributed by atoms with Gasteiger partial charge in [0.15, 0.2) is 0 Å². The lowest BCUT2D eigenvalue weighted by Gasteiger charge is -2.43. The van der Waals surface area contributed by atoms with Crippen molar-refractivity contribution in [3.8, 4) is 0 Å². The van der Waals surface area contributed by atoms with E-state index >= 15 is 0 Å². The Balaban J connectivity index is 1.92. The number of hydrogen-bond donors (Lipinski definition) is 0. The van der Waals surface area contributed by atoms with Crippen LogP contribution in [0.25, 0.3) is 0 Å². The highest BCUT2D eigenvalue weighted by molar-refractivity contribution is 5.74. The molecule has 0 saturated carbocycles. The highest BCUT2D eigenvalue weighted by Crippen LogP contribution is 2.53. The number of aryl methyl sites for hydroxylation is 2. The van der Waals surface area contributed by atoms with Gasteiger partial charge in [0.2, 0.25) is 0 Å². The third-order valence-electron chi connectivity index (χ3n) is 5.67. The summed E-state index contributed by atoms with van der Waals surface area (Å²) < 4.78 is 0. The molecule has 22 heavy (non-hydrogen) atoms. The zero-order valence-electron chi connectivity index (χ0n) is 14.1. The van der Waals surface area contributed by atoms with Crippen molar-refractivity contribution in [1.29, 1.82) is 0 Å². The summed E-state index contributed by atoms with van der Waals surface area (Å²) in [5.41, 5.74) is 8.48. The van der Waals surface area contributed by atoms with Crippen molar-refractivity contribution < 1.29 is 0 Å². The van der Waals surface area contributed by atoms with Gasteiger partial charge in [0.1, 0.15) is 0 Å². The van der Waals surface area contributed by atoms with Crippen molar-refractivity contribution in [1.82, 2.24) is 0 Å². The zero-order valence-corrected chi connectivity index (χ0v) is 14.1. The summed E-state index contributed by atoms with van der Waals surface area (Å²) in [6.45, 7) is 12.5. The van der Waals surface area contributed by atoms with E-state index in [-0.39, 0.29) is 5.54 Å². The van der Waals surface area contributed by atoms with Crippen LogP contribution in [0.4, 0.5) is 11.4 Å². The van der Waals surface area contributed by atoms with Crippen LogP contribution in [-0.4, -0.2) is 12.7 Å². The molecule has 2 aliphatic rings. The number of benzene rings is 2. The van der Waals surface area contributed by atoms with Crippen LogP contribution >= 0.6 is 0 Å². The lowest BCUT2D eigenvalue weighted by atomic mass is 9.90. The molecule has 4 rings (SSSR count). The Morgan fingerprint density at radius 1 is 1.05 bits per heavy atom. The molecule has 0 radical (unpaired) electrons. The molecule has 2 bridgehead atoms. The average molecular weight is 292 g/mol. The van der Waals surface area contributed by atoms with Crippen LogP contribution in [0, 0.1) is 20.8 Å². The van der Waals surface area contributed by atoms with Crippen molar-refractivity contribution in [2.75, 3.05) is 16.3 Å². The molecule has 0 N–H and O–H groups in total. The molecule has 2 heteroatoms. The molecule has 0 amide bonds. The van der Waals surface area contributed by atoms with E-state index in [2.05, 4.69) is 80.8 Å². The molecule has 2 aromatic carbocycles. The van der Waals surface area contributed by atoms with Gasteiger partial charge in [0.05, 0.1) is 11.7 Å². The van der Waals surface area contributed by atoms with E-state index in [9.17, 15) is 0 Å². The van der Waals surface area contributed by atoms with Crippen LogP contribution in [0.1, 0.15) is 36.1 Å². The van der Waals surface area contributed by atoms with Gasteiger partial charge in [-0.1, -0.05) is 24.3 Å². The van der Waals surface area contributed by atoms with Gasteiger partial charge in [-0.15, -0.1) is 0 Å². The molecular formula is C20H24N2. The highest BCUT2D eigenvalue weighted by atomic mass is 15.5. The van der Waals surface area contributed by atoms with E-state index in [4.69, 9.17) is 0 Å². The molecule has 1 fully saturated rings. The van der Waals surface area contributed by atoms with Crippen molar-refractivity contribution in [2.24, 2.45) is 0 Å². The maximum absolute atomic E-state index is 2.63. The van der Waals surface area contributed by atoms with Gasteiger partial charge in [-0.25, -0.2) is 0 Å². The summed E-state index contributed by atoms with van der Waals surface area (Å²) in [6.07, 6.45) is 0.403. The second kappa shape index (κ2) is 4.28. The minimum atomic E-state index is 0.0704. The maximum Gasteiger partial charge on any atom is 0.0997 e. The monoisotopic (exact) mass is 292 g/mol. The van der Waals surface area contributed by atoms with Gasteiger partial charge >= 0.3 is 0 Å². The molecule has 2 atom stereocenters. The van der Waals surface area contributed by atoms with Gasteiger partial charge in [0.25, 0.3) is 0 Å². The van der Waals surface area contributed by atoms with E-state index in [1.165, 1.54) is 33.6 Å². The molecule has 0 spiro atoms. The van der Waals surface area contributed by atoms with Gasteiger partial charge in [-0.05, 0) is 63.4 Å². The number of anilines is 2. The van der Waals surface area contributed by atoms with Gasteiger partial charge in [-0.2, -0.15) is 0 Å². The first-order valence-corrected chi connectivity index (χ1v) is 8.17. The fourth-order valence-electron chi connectivity index (χ4n) is 4.51. The molecular weight excluding hydrogens is 268 g/mol. The smallest absolute Gasteiger partial charge is 0.0997 e. The number of nitrogens with zero attached hydrogens (tertiary/aromatic N) is 2. The van der Waals surface area contributed by atoms with Crippen molar-refractivity contribution in [2.45, 2.75) is 46.3 Å². The third-order valence-corrected chi connectivity index (χ3v) is 5.67. The Hall–Kier alpha value is -1.96. The molecule has 2 aromatic rings. The number of hydrogen-bond acceptors (Lipinski definition) is 2. The normalized spacial score (nSPS) is 25.8. The Morgan fingerprint density at radius 2 is 1.77 bits per heavy atom. The fraction of sp³-hybridized carbons (Fsp3) is 0.400. The van der Waals surface area contributed by atoms with E-state index < -0.39 is 0 Å². The van der Waals surface area contributed by atoms with E-state index in [1.54, 1.807) is 0 Å². The first-order valence-electron chi connectivity index (χ1n) is 8.17.